The highest BCUT2D eigenvalue weighted by Gasteiger charge is 2.52. The van der Waals surface area contributed by atoms with Crippen LogP contribution in [0.4, 0.5) is 0 Å². The predicted molar refractivity (Wildman–Crippen MR) is 444 cm³/mol. The summed E-state index contributed by atoms with van der Waals surface area (Å²) < 4.78 is 40.0. The molecule has 0 radical (unpaired) electrons. The minimum absolute atomic E-state index is 0.0126. The second-order valence-electron chi connectivity index (χ2n) is 31.9. The average molecular weight is 1730 g/mol. The van der Waals surface area contributed by atoms with E-state index in [2.05, 4.69) is 65.4 Å². The lowest BCUT2D eigenvalue weighted by molar-refractivity contribution is -0.331. The number of ether oxygens (including phenoxy) is 6. The third kappa shape index (κ3) is 23.6. The van der Waals surface area contributed by atoms with Gasteiger partial charge in [-0.25, -0.2) is 0 Å². The summed E-state index contributed by atoms with van der Waals surface area (Å²) in [4.78, 5) is 121. The number of nitrogens with two attached hydrogens (primary N) is 2. The molecular formula is C84H115Cl2N13O22. The van der Waals surface area contributed by atoms with Gasteiger partial charge in [-0.1, -0.05) is 114 Å². The monoisotopic (exact) mass is 1730 g/mol. The maximum atomic E-state index is 16.4. The van der Waals surface area contributed by atoms with Gasteiger partial charge in [-0.3, -0.25) is 38.4 Å². The number of phenols is 3. The number of aliphatic hydroxyl groups is 5. The van der Waals surface area contributed by atoms with Crippen molar-refractivity contribution in [3.63, 3.8) is 0 Å². The molecule has 35 nitrogen and oxygen atoms in total. The summed E-state index contributed by atoms with van der Waals surface area (Å²) >= 11 is 14.5. The highest BCUT2D eigenvalue weighted by molar-refractivity contribution is 6.32. The molecule has 2 fully saturated rings. The van der Waals surface area contributed by atoms with Crippen LogP contribution in [0.1, 0.15) is 183 Å². The van der Waals surface area contributed by atoms with Gasteiger partial charge in [-0.2, -0.15) is 0 Å². The summed E-state index contributed by atoms with van der Waals surface area (Å²) in [6.45, 7) is 13.6. The fourth-order valence-corrected chi connectivity index (χ4v) is 15.9. The lowest BCUT2D eigenvalue weighted by Crippen LogP contribution is -2.66. The Labute approximate surface area is 711 Å². The van der Waals surface area contributed by atoms with Crippen molar-refractivity contribution in [2.24, 2.45) is 17.4 Å². The van der Waals surface area contributed by atoms with Gasteiger partial charge < -0.3 is 139 Å². The van der Waals surface area contributed by atoms with Crippen LogP contribution in [0.2, 0.25) is 10.0 Å². The number of carbonyl (C=O) groups is 8. The van der Waals surface area contributed by atoms with Gasteiger partial charge in [0, 0.05) is 55.3 Å². The molecule has 2 saturated heterocycles. The molecule has 7 aliphatic rings. The molecule has 11 bridgehead atoms. The number of rotatable bonds is 32. The van der Waals surface area contributed by atoms with Gasteiger partial charge in [-0.15, -0.1) is 0 Å². The van der Waals surface area contributed by atoms with Crippen LogP contribution >= 0.6 is 23.2 Å². The molecule has 0 aliphatic carbocycles. The van der Waals surface area contributed by atoms with E-state index in [9.17, 15) is 55.2 Å². The molecule has 37 heteroatoms. The zero-order valence-electron chi connectivity index (χ0n) is 68.7. The molecule has 7 aliphatic heterocycles. The van der Waals surface area contributed by atoms with Crippen molar-refractivity contribution >= 4 is 70.5 Å². The van der Waals surface area contributed by atoms with Crippen molar-refractivity contribution in [3.8, 4) is 57.1 Å². The third-order valence-corrected chi connectivity index (χ3v) is 22.7. The molecule has 121 heavy (non-hydrogen) atoms. The number of unbranched alkanes of at least 4 members (excludes halogenated alkanes) is 7. The van der Waals surface area contributed by atoms with Crippen LogP contribution in [0.5, 0.6) is 46.0 Å². The van der Waals surface area contributed by atoms with Gasteiger partial charge >= 0.3 is 0 Å². The Morgan fingerprint density at radius 3 is 1.89 bits per heavy atom. The van der Waals surface area contributed by atoms with E-state index in [0.29, 0.717) is 32.6 Å². The summed E-state index contributed by atoms with van der Waals surface area (Å²) in [5.74, 6) is -14.1. The van der Waals surface area contributed by atoms with Crippen molar-refractivity contribution < 1.29 is 108 Å². The fraction of sp³-hybridized carbons (Fsp3) is 0.548. The van der Waals surface area contributed by atoms with Crippen LogP contribution in [0, 0.1) is 5.92 Å². The van der Waals surface area contributed by atoms with Gasteiger partial charge in [0.1, 0.15) is 95.5 Å². The first-order valence-electron chi connectivity index (χ1n) is 41.2. The second kappa shape index (κ2) is 43.2. The zero-order chi connectivity index (χ0) is 87.7. The number of phenolic OH excluding ortho intramolecular Hbond substituents is 3. The van der Waals surface area contributed by atoms with Crippen LogP contribution in [0.25, 0.3) is 11.1 Å². The Morgan fingerprint density at radius 1 is 0.636 bits per heavy atom. The highest BCUT2D eigenvalue weighted by Crippen LogP contribution is 2.50. The quantitative estimate of drug-likeness (QED) is 0.0272. The molecule has 0 aromatic heterocycles. The van der Waals surface area contributed by atoms with Gasteiger partial charge in [-0.05, 0) is 155 Å². The molecular weight excluding hydrogens is 1610 g/mol. The van der Waals surface area contributed by atoms with E-state index in [1.54, 1.807) is 13.8 Å². The number of hydrogen-bond acceptors (Lipinski definition) is 27. The topological polar surface area (TPSA) is 538 Å². The van der Waals surface area contributed by atoms with Crippen LogP contribution in [0.3, 0.4) is 0 Å². The smallest absolute Gasteiger partial charge is 0.248 e. The minimum Gasteiger partial charge on any atom is -0.508 e. The maximum absolute atomic E-state index is 16.4. The first kappa shape index (κ1) is 94.0. The van der Waals surface area contributed by atoms with Crippen LogP contribution < -0.4 is 84.2 Å². The number of primary amides is 1. The van der Waals surface area contributed by atoms with Crippen LogP contribution in [0.15, 0.2) is 78.9 Å². The lowest BCUT2D eigenvalue weighted by atomic mass is 9.85. The summed E-state index contributed by atoms with van der Waals surface area (Å²) in [7, 11) is 1.50. The molecule has 5 aromatic carbocycles. The molecule has 0 spiro atoms. The Hall–Kier alpha value is -9.28. The largest absolute Gasteiger partial charge is 0.508 e. The number of amides is 8. The molecule has 8 amide bonds. The van der Waals surface area contributed by atoms with Crippen molar-refractivity contribution in [2.45, 2.75) is 234 Å². The number of carbonyl (C=O) groups excluding carboxylic acids is 8. The number of aromatic hydroxyl groups is 3. The number of benzene rings is 5. The predicted octanol–water partition coefficient (Wildman–Crippen LogP) is 3.86. The number of aliphatic hydroxyl groups excluding tert-OH is 5. The fourth-order valence-electron chi connectivity index (χ4n) is 15.5. The Kier molecular flexibility index (Phi) is 33.5. The van der Waals surface area contributed by atoms with Gasteiger partial charge in [0.2, 0.25) is 59.3 Å². The van der Waals surface area contributed by atoms with Crippen molar-refractivity contribution in [3.05, 3.63) is 117 Å². The number of fused-ring (bicyclic) bond motifs is 15. The van der Waals surface area contributed by atoms with E-state index in [1.807, 2.05) is 20.8 Å². The molecule has 0 unspecified atom stereocenters. The first-order chi connectivity index (χ1) is 57.8. The highest BCUT2D eigenvalue weighted by atomic mass is 35.5. The van der Waals surface area contributed by atoms with E-state index < -0.39 is 210 Å². The molecule has 12 rings (SSSR count). The van der Waals surface area contributed by atoms with Gasteiger partial charge in [0.15, 0.2) is 23.9 Å². The molecule has 0 saturated carbocycles. The Bertz CT molecular complexity index is 4480. The summed E-state index contributed by atoms with van der Waals surface area (Å²) in [6.07, 6.45) is -6.94. The zero-order valence-corrected chi connectivity index (χ0v) is 70.3. The van der Waals surface area contributed by atoms with E-state index >= 15 is 24.0 Å². The number of hydrogen-bond donors (Lipinski definition) is 21. The molecule has 23 N–H and O–H groups in total. The van der Waals surface area contributed by atoms with Gasteiger partial charge in [0.25, 0.3) is 0 Å². The van der Waals surface area contributed by atoms with Gasteiger partial charge in [0.05, 0.1) is 34.7 Å². The van der Waals surface area contributed by atoms with E-state index in [4.69, 9.17) is 63.1 Å². The number of nitrogens with one attached hydrogen (secondary N) is 11. The van der Waals surface area contributed by atoms with Crippen LogP contribution in [-0.4, -0.2) is 220 Å². The van der Waals surface area contributed by atoms with Crippen molar-refractivity contribution in [1.29, 1.82) is 0 Å². The first-order valence-corrected chi connectivity index (χ1v) is 42.0. The standard InChI is InChI=1S/C84H115Cl2N13O22/c1-8-10-11-12-13-14-15-16-25-91-28-29-93-84(6)39-62(116-42(5)75(84)108)120-74-72(107)71(106)60(40-87)119-83(74)121-73-58-34-46-35-59(73)118-57-23-20-45(33-51(57)86)70(105)68-82(115)97-66(78(111)92-27-17-26-90-24-9-2)49-36-47(100)37-55(102)63(49)48-31-43(18-21-54(48)101)64(79(112)99-68)96-80(113)65(46)95-77(110)53(38-61(88)103)94-81(114)67(98-76(109)52(89-7)30-41(3)4)69(104)44-19-22-56(117-58)50(85)32-44/h18-23,31-37,41-42,52-53,60,62,64-72,74-75,83,89-91,93,100-102,104-108H,8-17,24-30,38-40,87H2,1-7H3,(H2,88,103)(H,92,111)(H,94,114)(H,95,110)(H,96,113)(H,97,115)(H,98,109)(H,99,112)/t42-,52+,53-,60+,62-,64+,65+,66-,67+,68-,69+,70+,71+,72-,74+,75+,83-,84-/m0/s1. The van der Waals surface area contributed by atoms with E-state index in [1.165, 1.54) is 69.5 Å². The molecule has 18 atom stereocenters. The van der Waals surface area contributed by atoms with Crippen molar-refractivity contribution in [2.75, 3.05) is 52.9 Å². The van der Waals surface area contributed by atoms with Crippen molar-refractivity contribution in [1.82, 2.24) is 58.5 Å². The SMILES string of the molecule is CCCCCCCCCCNCCN[C@@]1(C)C[C@H](O[C@H]2[C@H](Oc3c4cc5cc3Oc3ccc(cc3Cl)[C@@H](O)[C@@H](NC(=O)[C@@H](CC(C)C)NC)C(=O)N[C@@H](CC(N)=O)C(=O)N[C@H]5C(=O)N[C@H]3C(=O)N[C@H](C(=O)N[C@H](C(=O)NCCCNCCC)c5cc(O)cc(O)c5-c5cc3ccc5O)[C@H](O)c3ccc(c(Cl)c3)O4)O[C@H](CN)[C@@H](O)[C@@H]2O)O[C@@H](C)[C@H]1O. The Balaban J connectivity index is 1.15. The maximum Gasteiger partial charge on any atom is 0.248 e. The number of likely N-dealkylation sites (N-methyl/N-ethyl adjacent to an activating group) is 1. The van der Waals surface area contributed by atoms with E-state index in [-0.39, 0.29) is 80.2 Å². The third-order valence-electron chi connectivity index (χ3n) is 22.1. The second-order valence-corrected chi connectivity index (χ2v) is 32.7. The lowest BCUT2D eigenvalue weighted by Gasteiger charge is -2.48. The summed E-state index contributed by atoms with van der Waals surface area (Å²) in [5.41, 5.74) is 8.87. The van der Waals surface area contributed by atoms with Crippen LogP contribution in [-0.2, 0) is 52.6 Å². The number of halogens is 2. The summed E-state index contributed by atoms with van der Waals surface area (Å²) in [6, 6.07) is 0.993. The Morgan fingerprint density at radius 2 is 1.26 bits per heavy atom. The van der Waals surface area contributed by atoms with E-state index in [0.717, 1.165) is 80.8 Å². The summed E-state index contributed by atoms with van der Waals surface area (Å²) in [5, 5.41) is 127. The molecule has 7 heterocycles. The normalized spacial score (nSPS) is 26.5. The minimum atomic E-state index is -2.32. The average Bonchev–Trinajstić information content (AvgIpc) is 0.768. The molecule has 5 aromatic rings. The molecule has 662 valence electrons.